The summed E-state index contributed by atoms with van der Waals surface area (Å²) in [7, 11) is 2.29. The molecule has 9 nitrogen and oxygen atoms in total. The zero-order chi connectivity index (χ0) is 18.4. The average Bonchev–Trinajstić information content (AvgIpc) is 2.56. The summed E-state index contributed by atoms with van der Waals surface area (Å²) < 4.78 is 8.34. The first-order chi connectivity index (χ1) is 10.7. The standard InChI is InChI=1S/C7H8O5.C7H10O4/c1-12-7(11)6(10)3-2-5(9)4-8;1-5(8)6(9)3-4-7(10)11-2/h2-3,8H,4H2,1H3;3-4H2,1-2H3/b3-2+;. The van der Waals surface area contributed by atoms with Crippen molar-refractivity contribution >= 4 is 35.1 Å². The second kappa shape index (κ2) is 13.0. The number of ether oxygens (including phenoxy) is 2. The largest absolute Gasteiger partial charge is 0.469 e. The van der Waals surface area contributed by atoms with Crippen LogP contribution in [0, 0.1) is 0 Å². The SMILES string of the molecule is COC(=O)C(=O)/C=C/C(=O)CO.COC(=O)CCC(=O)C(C)=O. The number of carbonyl (C=O) groups excluding carboxylic acids is 6. The van der Waals surface area contributed by atoms with Crippen molar-refractivity contribution < 1.29 is 43.3 Å². The Balaban J connectivity index is 0. The molecule has 0 rings (SSSR count). The molecule has 0 radical (unpaired) electrons. The van der Waals surface area contributed by atoms with Gasteiger partial charge < -0.3 is 14.6 Å². The molecule has 0 aromatic carbocycles. The van der Waals surface area contributed by atoms with Crippen molar-refractivity contribution in [3.05, 3.63) is 12.2 Å². The van der Waals surface area contributed by atoms with Crippen molar-refractivity contribution in [2.24, 2.45) is 0 Å². The second-order valence-corrected chi connectivity index (χ2v) is 3.87. The lowest BCUT2D eigenvalue weighted by Gasteiger charge is -1.95. The van der Waals surface area contributed by atoms with Crippen LogP contribution in [-0.4, -0.2) is 61.0 Å². The first kappa shape index (κ1) is 22.6. The van der Waals surface area contributed by atoms with Crippen LogP contribution < -0.4 is 0 Å². The van der Waals surface area contributed by atoms with Gasteiger partial charge in [0.2, 0.25) is 0 Å². The summed E-state index contributed by atoms with van der Waals surface area (Å²) in [4.78, 5) is 62.8. The first-order valence-electron chi connectivity index (χ1n) is 6.24. The van der Waals surface area contributed by atoms with Crippen LogP contribution in [0.15, 0.2) is 12.2 Å². The molecule has 0 fully saturated rings. The average molecular weight is 330 g/mol. The van der Waals surface area contributed by atoms with Crippen LogP contribution in [0.3, 0.4) is 0 Å². The molecule has 0 saturated heterocycles. The number of methoxy groups -OCH3 is 2. The van der Waals surface area contributed by atoms with Crippen LogP contribution in [0.25, 0.3) is 0 Å². The Morgan fingerprint density at radius 1 is 0.913 bits per heavy atom. The minimum atomic E-state index is -1.04. The Morgan fingerprint density at radius 3 is 1.87 bits per heavy atom. The van der Waals surface area contributed by atoms with E-state index in [9.17, 15) is 28.8 Å². The van der Waals surface area contributed by atoms with Gasteiger partial charge in [-0.2, -0.15) is 0 Å². The van der Waals surface area contributed by atoms with Gasteiger partial charge in [-0.15, -0.1) is 0 Å². The number of carbonyl (C=O) groups is 6. The van der Waals surface area contributed by atoms with E-state index in [1.807, 2.05) is 0 Å². The normalized spacial score (nSPS) is 9.39. The van der Waals surface area contributed by atoms with Crippen LogP contribution in [0.2, 0.25) is 0 Å². The number of Topliss-reactive ketones (excluding diaryl/α,β-unsaturated/α-hetero) is 2. The number of hydrogen-bond acceptors (Lipinski definition) is 9. The number of rotatable bonds is 8. The molecule has 0 aromatic rings. The summed E-state index contributed by atoms with van der Waals surface area (Å²) in [5.74, 6) is -4.15. The van der Waals surface area contributed by atoms with Crippen molar-refractivity contribution in [1.29, 1.82) is 0 Å². The Labute approximate surface area is 132 Å². The molecule has 0 bridgehead atoms. The van der Waals surface area contributed by atoms with Gasteiger partial charge in [-0.1, -0.05) is 0 Å². The molecule has 0 aromatic heterocycles. The fourth-order valence-electron chi connectivity index (χ4n) is 0.884. The lowest BCUT2D eigenvalue weighted by Crippen LogP contribution is -2.13. The first-order valence-corrected chi connectivity index (χ1v) is 6.24. The van der Waals surface area contributed by atoms with E-state index in [1.165, 1.54) is 14.0 Å². The van der Waals surface area contributed by atoms with E-state index in [1.54, 1.807) is 0 Å². The summed E-state index contributed by atoms with van der Waals surface area (Å²) in [5, 5.41) is 8.22. The highest BCUT2D eigenvalue weighted by atomic mass is 16.5. The lowest BCUT2D eigenvalue weighted by atomic mass is 10.2. The van der Waals surface area contributed by atoms with Crippen molar-refractivity contribution in [3.8, 4) is 0 Å². The molecule has 0 aliphatic heterocycles. The molecule has 0 unspecified atom stereocenters. The van der Waals surface area contributed by atoms with E-state index < -0.39 is 41.7 Å². The highest BCUT2D eigenvalue weighted by molar-refractivity contribution is 6.38. The maximum absolute atomic E-state index is 10.6. The van der Waals surface area contributed by atoms with Gasteiger partial charge >= 0.3 is 11.9 Å². The molecular formula is C14H18O9. The fourth-order valence-corrected chi connectivity index (χ4v) is 0.884. The van der Waals surface area contributed by atoms with Gasteiger partial charge in [0.15, 0.2) is 17.3 Å². The highest BCUT2D eigenvalue weighted by Gasteiger charge is 2.10. The van der Waals surface area contributed by atoms with Crippen molar-refractivity contribution in [1.82, 2.24) is 0 Å². The molecule has 0 aliphatic rings. The Hall–Kier alpha value is -2.68. The fraction of sp³-hybridized carbons (Fsp3) is 0.429. The number of aliphatic hydroxyl groups excluding tert-OH is 1. The van der Waals surface area contributed by atoms with Crippen molar-refractivity contribution in [3.63, 3.8) is 0 Å². The zero-order valence-corrected chi connectivity index (χ0v) is 13.0. The number of esters is 2. The van der Waals surface area contributed by atoms with Gasteiger partial charge in [0, 0.05) is 13.3 Å². The van der Waals surface area contributed by atoms with E-state index in [2.05, 4.69) is 9.47 Å². The van der Waals surface area contributed by atoms with Gasteiger partial charge in [-0.25, -0.2) is 4.79 Å². The minimum Gasteiger partial charge on any atom is -0.469 e. The smallest absolute Gasteiger partial charge is 0.378 e. The van der Waals surface area contributed by atoms with Gasteiger partial charge in [0.05, 0.1) is 20.6 Å². The highest BCUT2D eigenvalue weighted by Crippen LogP contribution is 1.93. The van der Waals surface area contributed by atoms with E-state index in [0.717, 1.165) is 19.3 Å². The molecule has 0 saturated carbocycles. The van der Waals surface area contributed by atoms with Crippen molar-refractivity contribution in [2.45, 2.75) is 19.8 Å². The maximum Gasteiger partial charge on any atom is 0.378 e. The van der Waals surface area contributed by atoms with Crippen LogP contribution in [0.4, 0.5) is 0 Å². The van der Waals surface area contributed by atoms with E-state index in [-0.39, 0.29) is 12.8 Å². The third kappa shape index (κ3) is 12.8. The molecule has 0 aliphatic carbocycles. The maximum atomic E-state index is 10.6. The molecular weight excluding hydrogens is 312 g/mol. The predicted octanol–water partition coefficient (Wildman–Crippen LogP) is -1.06. The quantitative estimate of drug-likeness (QED) is 0.335. The van der Waals surface area contributed by atoms with Crippen LogP contribution in [0.1, 0.15) is 19.8 Å². The number of ketones is 4. The monoisotopic (exact) mass is 330 g/mol. The van der Waals surface area contributed by atoms with Gasteiger partial charge in [0.1, 0.15) is 6.61 Å². The summed E-state index contributed by atoms with van der Waals surface area (Å²) >= 11 is 0. The van der Waals surface area contributed by atoms with E-state index >= 15 is 0 Å². The molecule has 0 spiro atoms. The molecule has 9 heteroatoms. The van der Waals surface area contributed by atoms with Crippen molar-refractivity contribution in [2.75, 3.05) is 20.8 Å². The molecule has 1 N–H and O–H groups in total. The van der Waals surface area contributed by atoms with Crippen LogP contribution in [-0.2, 0) is 38.2 Å². The van der Waals surface area contributed by atoms with Gasteiger partial charge in [-0.3, -0.25) is 24.0 Å². The topological polar surface area (TPSA) is 141 Å². The van der Waals surface area contributed by atoms with Crippen LogP contribution in [0.5, 0.6) is 0 Å². The Bertz CT molecular complexity index is 502. The third-order valence-corrected chi connectivity index (χ3v) is 2.14. The summed E-state index contributed by atoms with van der Waals surface area (Å²) in [6.07, 6.45) is 1.50. The summed E-state index contributed by atoms with van der Waals surface area (Å²) in [6, 6.07) is 0. The van der Waals surface area contributed by atoms with Gasteiger partial charge in [-0.05, 0) is 12.2 Å². The number of aliphatic hydroxyl groups is 1. The second-order valence-electron chi connectivity index (χ2n) is 3.87. The lowest BCUT2D eigenvalue weighted by molar-refractivity contribution is -0.149. The predicted molar refractivity (Wildman–Crippen MR) is 75.2 cm³/mol. The number of hydrogen-bond donors (Lipinski definition) is 1. The molecule has 0 atom stereocenters. The Kier molecular flexibility index (Phi) is 12.8. The molecule has 0 amide bonds. The van der Waals surface area contributed by atoms with E-state index in [0.29, 0.717) is 0 Å². The molecule has 128 valence electrons. The molecule has 0 heterocycles. The van der Waals surface area contributed by atoms with E-state index in [4.69, 9.17) is 5.11 Å². The Morgan fingerprint density at radius 2 is 1.48 bits per heavy atom. The van der Waals surface area contributed by atoms with Crippen LogP contribution >= 0.6 is 0 Å². The minimum absolute atomic E-state index is 0.0189. The summed E-state index contributed by atoms with van der Waals surface area (Å²) in [6.45, 7) is 0.491. The molecule has 23 heavy (non-hydrogen) atoms. The summed E-state index contributed by atoms with van der Waals surface area (Å²) in [5.41, 5.74) is 0. The third-order valence-electron chi connectivity index (χ3n) is 2.14. The van der Waals surface area contributed by atoms with Gasteiger partial charge in [0.25, 0.3) is 5.78 Å². The zero-order valence-electron chi connectivity index (χ0n) is 13.0.